The normalized spacial score (nSPS) is 11.1. The molecule has 8 nitrogen and oxygen atoms in total. The summed E-state index contributed by atoms with van der Waals surface area (Å²) >= 11 is 0. The zero-order valence-electron chi connectivity index (χ0n) is 13.5. The molecule has 1 unspecified atom stereocenters. The first kappa shape index (κ1) is 20.9. The number of hydrogen-bond donors (Lipinski definition) is 2. The van der Waals surface area contributed by atoms with Crippen LogP contribution in [0.25, 0.3) is 0 Å². The Kier molecular flexibility index (Phi) is 8.97. The molecule has 1 aromatic rings. The molecule has 0 saturated heterocycles. The highest BCUT2D eigenvalue weighted by Crippen LogP contribution is 2.34. The Morgan fingerprint density at radius 3 is 2.52 bits per heavy atom. The number of carbonyl (C=O) groups excluding carboxylic acids is 1. The largest absolute Gasteiger partial charge is 0.493 e. The van der Waals surface area contributed by atoms with Crippen molar-refractivity contribution in [2.24, 2.45) is 0 Å². The topological polar surface area (TPSA) is 103 Å². The maximum absolute atomic E-state index is 12.2. The van der Waals surface area contributed by atoms with E-state index in [0.717, 1.165) is 0 Å². The van der Waals surface area contributed by atoms with Gasteiger partial charge in [0.05, 0.1) is 24.7 Å². The van der Waals surface area contributed by atoms with E-state index in [9.17, 15) is 14.9 Å². The van der Waals surface area contributed by atoms with Gasteiger partial charge in [-0.3, -0.25) is 14.9 Å². The van der Waals surface area contributed by atoms with Crippen molar-refractivity contribution >= 4 is 24.0 Å². The number of likely N-dealkylation sites (N-methyl/N-ethyl adjacent to an activating group) is 1. The van der Waals surface area contributed by atoms with E-state index >= 15 is 0 Å². The van der Waals surface area contributed by atoms with E-state index in [1.54, 1.807) is 14.0 Å². The van der Waals surface area contributed by atoms with Crippen LogP contribution in [-0.4, -0.2) is 44.2 Å². The summed E-state index contributed by atoms with van der Waals surface area (Å²) in [6, 6.07) is 2.58. The molecule has 1 amide bonds. The lowest BCUT2D eigenvalue weighted by Gasteiger charge is -2.14. The second-order valence-corrected chi connectivity index (χ2v) is 4.61. The Bertz CT molecular complexity index is 553. The highest BCUT2D eigenvalue weighted by molar-refractivity contribution is 5.99. The van der Waals surface area contributed by atoms with Gasteiger partial charge in [-0.05, 0) is 20.9 Å². The van der Waals surface area contributed by atoms with Crippen LogP contribution in [0.2, 0.25) is 0 Å². The molecule has 0 bridgehead atoms. The minimum atomic E-state index is -0.616. The van der Waals surface area contributed by atoms with Crippen LogP contribution in [0.5, 0.6) is 11.5 Å². The number of nitro benzene ring substituents is 1. The second kappa shape index (κ2) is 9.86. The van der Waals surface area contributed by atoms with Crippen molar-refractivity contribution in [3.63, 3.8) is 0 Å². The Morgan fingerprint density at radius 1 is 1.39 bits per heavy atom. The lowest BCUT2D eigenvalue weighted by atomic mass is 10.1. The predicted molar refractivity (Wildman–Crippen MR) is 88.9 cm³/mol. The van der Waals surface area contributed by atoms with E-state index in [-0.39, 0.29) is 35.4 Å². The zero-order valence-corrected chi connectivity index (χ0v) is 14.4. The van der Waals surface area contributed by atoms with Gasteiger partial charge < -0.3 is 20.1 Å². The SMILES string of the molecule is CCOc1cc(C(=O)NCC(C)NC)c([N+](=O)[O-])cc1OC.Cl. The van der Waals surface area contributed by atoms with Crippen LogP contribution in [0.3, 0.4) is 0 Å². The first-order valence-electron chi connectivity index (χ1n) is 6.89. The summed E-state index contributed by atoms with van der Waals surface area (Å²) in [5.74, 6) is -0.0199. The summed E-state index contributed by atoms with van der Waals surface area (Å²) in [4.78, 5) is 22.8. The number of nitro groups is 1. The Morgan fingerprint density at radius 2 is 2.04 bits per heavy atom. The van der Waals surface area contributed by atoms with Crippen LogP contribution in [-0.2, 0) is 0 Å². The average Bonchev–Trinajstić information content (AvgIpc) is 2.51. The van der Waals surface area contributed by atoms with Crippen molar-refractivity contribution in [1.82, 2.24) is 10.6 Å². The molecule has 0 fully saturated rings. The van der Waals surface area contributed by atoms with Gasteiger partial charge >= 0.3 is 0 Å². The van der Waals surface area contributed by atoms with E-state index in [0.29, 0.717) is 18.9 Å². The van der Waals surface area contributed by atoms with E-state index in [2.05, 4.69) is 10.6 Å². The minimum Gasteiger partial charge on any atom is -0.493 e. The third-order valence-corrected chi connectivity index (χ3v) is 3.08. The van der Waals surface area contributed by atoms with E-state index in [4.69, 9.17) is 9.47 Å². The van der Waals surface area contributed by atoms with Crippen LogP contribution >= 0.6 is 12.4 Å². The third kappa shape index (κ3) is 5.57. The fourth-order valence-corrected chi connectivity index (χ4v) is 1.75. The van der Waals surface area contributed by atoms with Crippen molar-refractivity contribution in [2.45, 2.75) is 19.9 Å². The Hall–Kier alpha value is -2.06. The number of hydrogen-bond acceptors (Lipinski definition) is 6. The molecule has 1 atom stereocenters. The quantitative estimate of drug-likeness (QED) is 0.548. The third-order valence-electron chi connectivity index (χ3n) is 3.08. The number of nitrogens with zero attached hydrogens (tertiary/aromatic N) is 1. The van der Waals surface area contributed by atoms with Gasteiger partial charge in [-0.15, -0.1) is 12.4 Å². The molecule has 2 N–H and O–H groups in total. The summed E-state index contributed by atoms with van der Waals surface area (Å²) < 4.78 is 10.4. The van der Waals surface area contributed by atoms with Crippen molar-refractivity contribution in [1.29, 1.82) is 0 Å². The summed E-state index contributed by atoms with van der Waals surface area (Å²) in [5, 5.41) is 16.8. The fourth-order valence-electron chi connectivity index (χ4n) is 1.75. The molecule has 1 aromatic carbocycles. The highest BCUT2D eigenvalue weighted by atomic mass is 35.5. The first-order valence-corrected chi connectivity index (χ1v) is 6.89. The molecular formula is C14H22ClN3O5. The molecule has 0 aliphatic heterocycles. The van der Waals surface area contributed by atoms with Crippen LogP contribution in [0, 0.1) is 10.1 Å². The van der Waals surface area contributed by atoms with E-state index < -0.39 is 10.8 Å². The van der Waals surface area contributed by atoms with Gasteiger partial charge in [0.15, 0.2) is 11.5 Å². The van der Waals surface area contributed by atoms with Gasteiger partial charge in [0.25, 0.3) is 11.6 Å². The van der Waals surface area contributed by atoms with E-state index in [1.165, 1.54) is 19.2 Å². The number of ether oxygens (including phenoxy) is 2. The standard InChI is InChI=1S/C14H21N3O5.ClH/c1-5-22-13-6-10(14(18)16-8-9(2)15-3)11(17(19)20)7-12(13)21-4;/h6-7,9,15H,5,8H2,1-4H3,(H,16,18);1H. The van der Waals surface area contributed by atoms with Gasteiger partial charge in [-0.1, -0.05) is 0 Å². The average molecular weight is 348 g/mol. The van der Waals surface area contributed by atoms with Crippen molar-refractivity contribution in [3.05, 3.63) is 27.8 Å². The van der Waals surface area contributed by atoms with Crippen molar-refractivity contribution in [2.75, 3.05) is 27.3 Å². The van der Waals surface area contributed by atoms with E-state index in [1.807, 2.05) is 6.92 Å². The lowest BCUT2D eigenvalue weighted by Crippen LogP contribution is -2.37. The summed E-state index contributed by atoms with van der Waals surface area (Å²) in [6.45, 7) is 4.36. The molecule has 0 spiro atoms. The number of nitrogens with one attached hydrogen (secondary N) is 2. The molecule has 0 aliphatic carbocycles. The number of benzene rings is 1. The first-order chi connectivity index (χ1) is 10.4. The molecule has 0 heterocycles. The second-order valence-electron chi connectivity index (χ2n) is 4.61. The Labute approximate surface area is 141 Å². The summed E-state index contributed by atoms with van der Waals surface area (Å²) in [6.07, 6.45) is 0. The Balaban J connectivity index is 0.00000484. The van der Waals surface area contributed by atoms with Gasteiger partial charge in [-0.25, -0.2) is 0 Å². The zero-order chi connectivity index (χ0) is 16.7. The molecule has 130 valence electrons. The van der Waals surface area contributed by atoms with Crippen LogP contribution in [0.4, 0.5) is 5.69 Å². The van der Waals surface area contributed by atoms with Crippen LogP contribution < -0.4 is 20.1 Å². The molecular weight excluding hydrogens is 326 g/mol. The lowest BCUT2D eigenvalue weighted by molar-refractivity contribution is -0.385. The van der Waals surface area contributed by atoms with Crippen molar-refractivity contribution < 1.29 is 19.2 Å². The maximum atomic E-state index is 12.2. The van der Waals surface area contributed by atoms with Gasteiger partial charge in [0, 0.05) is 18.7 Å². The summed E-state index contributed by atoms with van der Waals surface area (Å²) in [5.41, 5.74) is -0.382. The van der Waals surface area contributed by atoms with Crippen LogP contribution in [0.15, 0.2) is 12.1 Å². The maximum Gasteiger partial charge on any atom is 0.286 e. The fraction of sp³-hybridized carbons (Fsp3) is 0.500. The summed E-state index contributed by atoms with van der Waals surface area (Å²) in [7, 11) is 3.15. The molecule has 23 heavy (non-hydrogen) atoms. The number of amides is 1. The highest BCUT2D eigenvalue weighted by Gasteiger charge is 2.24. The minimum absolute atomic E-state index is 0. The molecule has 0 aliphatic rings. The molecule has 0 saturated carbocycles. The number of halogens is 1. The smallest absolute Gasteiger partial charge is 0.286 e. The monoisotopic (exact) mass is 347 g/mol. The predicted octanol–water partition coefficient (Wildman–Crippen LogP) is 1.76. The van der Waals surface area contributed by atoms with Crippen molar-refractivity contribution in [3.8, 4) is 11.5 Å². The number of carbonyl (C=O) groups is 1. The number of methoxy groups -OCH3 is 1. The molecule has 0 aromatic heterocycles. The van der Waals surface area contributed by atoms with Crippen LogP contribution in [0.1, 0.15) is 24.2 Å². The molecule has 1 rings (SSSR count). The van der Waals surface area contributed by atoms with Gasteiger partial charge in [-0.2, -0.15) is 0 Å². The number of rotatable bonds is 8. The molecule has 0 radical (unpaired) electrons. The molecule has 9 heteroatoms. The van der Waals surface area contributed by atoms with Gasteiger partial charge in [0.2, 0.25) is 0 Å². The van der Waals surface area contributed by atoms with Gasteiger partial charge in [0.1, 0.15) is 5.56 Å².